The highest BCUT2D eigenvalue weighted by Crippen LogP contribution is 2.37. The number of hydrogen-bond acceptors (Lipinski definition) is 3. The van der Waals surface area contributed by atoms with Crippen molar-refractivity contribution in [1.29, 1.82) is 5.26 Å². The molecule has 1 unspecified atom stereocenters. The summed E-state index contributed by atoms with van der Waals surface area (Å²) in [6.07, 6.45) is 4.44. The molecule has 17 heavy (non-hydrogen) atoms. The summed E-state index contributed by atoms with van der Waals surface area (Å²) >= 11 is 0. The Labute approximate surface area is 100 Å². The van der Waals surface area contributed by atoms with Gasteiger partial charge < -0.3 is 0 Å². The minimum atomic E-state index is -0.410. The third kappa shape index (κ3) is 2.44. The summed E-state index contributed by atoms with van der Waals surface area (Å²) in [5, 5.41) is 20.0. The van der Waals surface area contributed by atoms with Gasteiger partial charge in [0.1, 0.15) is 0 Å². The zero-order chi connectivity index (χ0) is 12.3. The molecule has 1 aliphatic rings. The van der Waals surface area contributed by atoms with Crippen LogP contribution in [0.5, 0.6) is 0 Å². The summed E-state index contributed by atoms with van der Waals surface area (Å²) < 4.78 is 0. The smallest absolute Gasteiger partial charge is 0.258 e. The number of non-ortho nitro benzene ring substituents is 1. The SMILES string of the molecule is N#CC(c1cccc([N+](=O)[O-])c1)C1CCCC1. The maximum Gasteiger partial charge on any atom is 0.269 e. The van der Waals surface area contributed by atoms with Gasteiger partial charge in [0, 0.05) is 12.1 Å². The van der Waals surface area contributed by atoms with Crippen LogP contribution in [0.15, 0.2) is 24.3 Å². The van der Waals surface area contributed by atoms with Crippen LogP contribution in [-0.2, 0) is 0 Å². The van der Waals surface area contributed by atoms with Crippen molar-refractivity contribution >= 4 is 5.69 Å². The van der Waals surface area contributed by atoms with E-state index >= 15 is 0 Å². The zero-order valence-corrected chi connectivity index (χ0v) is 9.50. The number of nitro groups is 1. The summed E-state index contributed by atoms with van der Waals surface area (Å²) in [4.78, 5) is 10.3. The lowest BCUT2D eigenvalue weighted by Gasteiger charge is -2.16. The summed E-state index contributed by atoms with van der Waals surface area (Å²) in [6, 6.07) is 8.78. The summed E-state index contributed by atoms with van der Waals surface area (Å²) in [5.74, 6) is 0.166. The predicted octanol–water partition coefficient (Wildman–Crippen LogP) is 3.39. The lowest BCUT2D eigenvalue weighted by atomic mass is 9.86. The van der Waals surface area contributed by atoms with Crippen molar-refractivity contribution in [2.24, 2.45) is 5.92 Å². The zero-order valence-electron chi connectivity index (χ0n) is 9.50. The molecule has 0 saturated heterocycles. The number of nitro benzene ring substituents is 1. The molecule has 1 aliphatic carbocycles. The molecule has 0 amide bonds. The topological polar surface area (TPSA) is 66.9 Å². The molecule has 1 aromatic carbocycles. The Bertz CT molecular complexity index is 459. The quantitative estimate of drug-likeness (QED) is 0.590. The van der Waals surface area contributed by atoms with Gasteiger partial charge in [-0.05, 0) is 24.3 Å². The van der Waals surface area contributed by atoms with Gasteiger partial charge in [-0.25, -0.2) is 0 Å². The van der Waals surface area contributed by atoms with E-state index in [4.69, 9.17) is 0 Å². The Hall–Kier alpha value is -1.89. The highest BCUT2D eigenvalue weighted by atomic mass is 16.6. The van der Waals surface area contributed by atoms with E-state index in [1.165, 1.54) is 12.1 Å². The van der Waals surface area contributed by atoms with Gasteiger partial charge in [-0.3, -0.25) is 10.1 Å². The van der Waals surface area contributed by atoms with Gasteiger partial charge in [-0.15, -0.1) is 0 Å². The van der Waals surface area contributed by atoms with Gasteiger partial charge in [-0.2, -0.15) is 5.26 Å². The van der Waals surface area contributed by atoms with Gasteiger partial charge in [0.05, 0.1) is 16.9 Å². The van der Waals surface area contributed by atoms with E-state index in [2.05, 4.69) is 6.07 Å². The number of hydrogen-bond donors (Lipinski definition) is 0. The summed E-state index contributed by atoms with van der Waals surface area (Å²) in [5.41, 5.74) is 0.856. The van der Waals surface area contributed by atoms with Crippen LogP contribution in [0.2, 0.25) is 0 Å². The first-order valence-electron chi connectivity index (χ1n) is 5.86. The standard InChI is InChI=1S/C13H14N2O2/c14-9-13(10-4-1-2-5-10)11-6-3-7-12(8-11)15(16)17/h3,6-8,10,13H,1-2,4-5H2. The van der Waals surface area contributed by atoms with Crippen LogP contribution >= 0.6 is 0 Å². The van der Waals surface area contributed by atoms with Crippen molar-refractivity contribution in [1.82, 2.24) is 0 Å². The second kappa shape index (κ2) is 4.96. The van der Waals surface area contributed by atoms with Crippen LogP contribution in [0.1, 0.15) is 37.2 Å². The van der Waals surface area contributed by atoms with E-state index < -0.39 is 4.92 Å². The Kier molecular flexibility index (Phi) is 3.38. The first-order valence-corrected chi connectivity index (χ1v) is 5.86. The monoisotopic (exact) mass is 230 g/mol. The second-order valence-electron chi connectivity index (χ2n) is 4.50. The molecule has 0 aromatic heterocycles. The highest BCUT2D eigenvalue weighted by molar-refractivity contribution is 5.38. The Morgan fingerprint density at radius 2 is 2.12 bits per heavy atom. The summed E-state index contributed by atoms with van der Waals surface area (Å²) in [7, 11) is 0. The Morgan fingerprint density at radius 1 is 1.41 bits per heavy atom. The van der Waals surface area contributed by atoms with E-state index in [-0.39, 0.29) is 11.6 Å². The molecule has 1 atom stereocenters. The van der Waals surface area contributed by atoms with Gasteiger partial charge in [-0.1, -0.05) is 25.0 Å². The fourth-order valence-corrected chi connectivity index (χ4v) is 2.57. The highest BCUT2D eigenvalue weighted by Gasteiger charge is 2.27. The maximum atomic E-state index is 10.7. The summed E-state index contributed by atoms with van der Waals surface area (Å²) in [6.45, 7) is 0. The van der Waals surface area contributed by atoms with Crippen molar-refractivity contribution in [3.63, 3.8) is 0 Å². The maximum absolute atomic E-state index is 10.7. The molecule has 4 nitrogen and oxygen atoms in total. The number of nitriles is 1. The average molecular weight is 230 g/mol. The van der Waals surface area contributed by atoms with Crippen molar-refractivity contribution in [2.45, 2.75) is 31.6 Å². The molecule has 4 heteroatoms. The average Bonchev–Trinajstić information content (AvgIpc) is 2.84. The molecule has 2 rings (SSSR count). The third-order valence-electron chi connectivity index (χ3n) is 3.45. The fourth-order valence-electron chi connectivity index (χ4n) is 2.57. The molecule has 0 aliphatic heterocycles. The predicted molar refractivity (Wildman–Crippen MR) is 63.4 cm³/mol. The molecule has 0 N–H and O–H groups in total. The minimum absolute atomic E-state index is 0.0701. The molecule has 1 aromatic rings. The van der Waals surface area contributed by atoms with Crippen LogP contribution in [0, 0.1) is 27.4 Å². The first kappa shape index (κ1) is 11.6. The van der Waals surface area contributed by atoms with Crippen molar-refractivity contribution < 1.29 is 4.92 Å². The van der Waals surface area contributed by atoms with Crippen molar-refractivity contribution in [3.05, 3.63) is 39.9 Å². The van der Waals surface area contributed by atoms with Gasteiger partial charge in [0.25, 0.3) is 5.69 Å². The number of nitrogens with zero attached hydrogens (tertiary/aromatic N) is 2. The fraction of sp³-hybridized carbons (Fsp3) is 0.462. The van der Waals surface area contributed by atoms with E-state index in [0.717, 1.165) is 31.2 Å². The Morgan fingerprint density at radius 3 is 2.71 bits per heavy atom. The van der Waals surface area contributed by atoms with Crippen molar-refractivity contribution in [2.75, 3.05) is 0 Å². The second-order valence-corrected chi connectivity index (χ2v) is 4.50. The van der Waals surface area contributed by atoms with Gasteiger partial charge in [0.2, 0.25) is 0 Å². The van der Waals surface area contributed by atoms with E-state index in [9.17, 15) is 15.4 Å². The molecule has 0 radical (unpaired) electrons. The molecule has 0 spiro atoms. The lowest BCUT2D eigenvalue weighted by molar-refractivity contribution is -0.384. The molecular weight excluding hydrogens is 216 g/mol. The van der Waals surface area contributed by atoms with Gasteiger partial charge in [0.15, 0.2) is 0 Å². The van der Waals surface area contributed by atoms with Crippen LogP contribution in [0.4, 0.5) is 5.69 Å². The van der Waals surface area contributed by atoms with E-state index in [1.807, 2.05) is 6.07 Å². The minimum Gasteiger partial charge on any atom is -0.258 e. The molecule has 1 saturated carbocycles. The number of benzene rings is 1. The first-order chi connectivity index (χ1) is 8.22. The molecule has 88 valence electrons. The van der Waals surface area contributed by atoms with Crippen LogP contribution in [0.3, 0.4) is 0 Å². The van der Waals surface area contributed by atoms with Gasteiger partial charge >= 0.3 is 0 Å². The molecule has 0 bridgehead atoms. The lowest BCUT2D eigenvalue weighted by Crippen LogP contribution is -2.07. The third-order valence-corrected chi connectivity index (χ3v) is 3.45. The van der Waals surface area contributed by atoms with Crippen LogP contribution in [-0.4, -0.2) is 4.92 Å². The molecule has 1 fully saturated rings. The molecular formula is C13H14N2O2. The van der Waals surface area contributed by atoms with E-state index in [1.54, 1.807) is 6.07 Å². The van der Waals surface area contributed by atoms with Crippen LogP contribution in [0.25, 0.3) is 0 Å². The van der Waals surface area contributed by atoms with Crippen LogP contribution < -0.4 is 0 Å². The van der Waals surface area contributed by atoms with E-state index in [0.29, 0.717) is 5.92 Å². The molecule has 0 heterocycles. The normalized spacial score (nSPS) is 17.6. The Balaban J connectivity index is 2.27. The number of rotatable bonds is 3. The largest absolute Gasteiger partial charge is 0.269 e. The van der Waals surface area contributed by atoms with Crippen molar-refractivity contribution in [3.8, 4) is 6.07 Å².